The van der Waals surface area contributed by atoms with Crippen molar-refractivity contribution in [3.63, 3.8) is 0 Å². The van der Waals surface area contributed by atoms with Crippen LogP contribution >= 0.6 is 0 Å². The predicted octanol–water partition coefficient (Wildman–Crippen LogP) is 7.84. The molecular formula is C34H24. The Labute approximate surface area is 199 Å². The van der Waals surface area contributed by atoms with Crippen LogP contribution in [0.3, 0.4) is 0 Å². The molecule has 0 heterocycles. The molecule has 0 heteroatoms. The molecule has 1 fully saturated rings. The van der Waals surface area contributed by atoms with Gasteiger partial charge in [-0.3, -0.25) is 0 Å². The zero-order valence-electron chi connectivity index (χ0n) is 18.9. The Morgan fingerprint density at radius 3 is 1.94 bits per heavy atom. The first-order valence-corrected chi connectivity index (χ1v) is 12.7. The monoisotopic (exact) mass is 432 g/mol. The Kier molecular flexibility index (Phi) is 3.08. The molecule has 4 atom stereocenters. The van der Waals surface area contributed by atoms with Crippen LogP contribution in [0.2, 0.25) is 0 Å². The molecule has 0 nitrogen and oxygen atoms in total. The van der Waals surface area contributed by atoms with Crippen LogP contribution in [0.4, 0.5) is 0 Å². The van der Waals surface area contributed by atoms with Gasteiger partial charge in [-0.1, -0.05) is 109 Å². The first-order chi connectivity index (χ1) is 16.9. The predicted molar refractivity (Wildman–Crippen MR) is 138 cm³/mol. The van der Waals surface area contributed by atoms with Crippen molar-refractivity contribution >= 4 is 10.8 Å². The molecule has 1 saturated carbocycles. The maximum atomic E-state index is 2.47. The van der Waals surface area contributed by atoms with E-state index in [1.54, 1.807) is 22.3 Å². The molecule has 34 heavy (non-hydrogen) atoms. The summed E-state index contributed by atoms with van der Waals surface area (Å²) in [5, 5.41) is 2.86. The molecule has 160 valence electrons. The van der Waals surface area contributed by atoms with E-state index in [-0.39, 0.29) is 5.41 Å². The zero-order valence-corrected chi connectivity index (χ0v) is 18.9. The summed E-state index contributed by atoms with van der Waals surface area (Å²) in [6.07, 6.45) is 1.22. The highest BCUT2D eigenvalue weighted by atomic mass is 14.7. The van der Waals surface area contributed by atoms with Gasteiger partial charge >= 0.3 is 0 Å². The summed E-state index contributed by atoms with van der Waals surface area (Å²) in [7, 11) is 0. The molecule has 1 spiro atoms. The smallest absolute Gasteiger partial charge is 0.0506 e. The number of fused-ring (bicyclic) bond motifs is 17. The second-order valence-electron chi connectivity index (χ2n) is 10.8. The summed E-state index contributed by atoms with van der Waals surface area (Å²) in [6, 6.07) is 41.8. The van der Waals surface area contributed by atoms with Gasteiger partial charge in [-0.2, -0.15) is 0 Å². The van der Waals surface area contributed by atoms with Gasteiger partial charge in [-0.15, -0.1) is 0 Å². The molecule has 5 aromatic rings. The SMILES string of the molecule is c1ccc2c(c1)-c1ccccc1C21c2ccccc2[C@@H]2[C@@H]3Cc4c(ccc5ccccc45)C3[C@@H]21. The first kappa shape index (κ1) is 17.8. The lowest BCUT2D eigenvalue weighted by atomic mass is 9.49. The average Bonchev–Trinajstić information content (AvgIpc) is 3.46. The largest absolute Gasteiger partial charge is 0.0620 e. The molecular weight excluding hydrogens is 408 g/mol. The van der Waals surface area contributed by atoms with E-state index < -0.39 is 0 Å². The number of benzene rings is 5. The molecule has 4 aliphatic rings. The fraction of sp³-hybridized carbons (Fsp3) is 0.176. The molecule has 4 aliphatic carbocycles. The quantitative estimate of drug-likeness (QED) is 0.234. The van der Waals surface area contributed by atoms with Crippen LogP contribution in [0.15, 0.2) is 109 Å². The van der Waals surface area contributed by atoms with Crippen molar-refractivity contribution in [1.82, 2.24) is 0 Å². The van der Waals surface area contributed by atoms with E-state index in [1.165, 1.54) is 39.4 Å². The van der Waals surface area contributed by atoms with Crippen LogP contribution in [-0.2, 0) is 11.8 Å². The second kappa shape index (κ2) is 5.88. The van der Waals surface area contributed by atoms with E-state index in [2.05, 4.69) is 109 Å². The van der Waals surface area contributed by atoms with Crippen molar-refractivity contribution in [3.8, 4) is 11.1 Å². The van der Waals surface area contributed by atoms with E-state index in [0.717, 1.165) is 0 Å². The molecule has 9 rings (SSSR count). The summed E-state index contributed by atoms with van der Waals surface area (Å²) >= 11 is 0. The van der Waals surface area contributed by atoms with E-state index in [9.17, 15) is 0 Å². The molecule has 0 aromatic heterocycles. The zero-order chi connectivity index (χ0) is 22.0. The van der Waals surface area contributed by atoms with Gasteiger partial charge in [-0.05, 0) is 85.4 Å². The Hall–Kier alpha value is -3.64. The van der Waals surface area contributed by atoms with Crippen LogP contribution in [0, 0.1) is 11.8 Å². The van der Waals surface area contributed by atoms with Crippen molar-refractivity contribution in [2.24, 2.45) is 11.8 Å². The maximum Gasteiger partial charge on any atom is 0.0506 e. The van der Waals surface area contributed by atoms with E-state index in [0.29, 0.717) is 23.7 Å². The van der Waals surface area contributed by atoms with Crippen LogP contribution in [-0.4, -0.2) is 0 Å². The maximum absolute atomic E-state index is 2.47. The standard InChI is InChI=1S/C34H24/c1-2-10-21-20(9-1)17-18-24-26(21)19-27-31(24)33-32(27)25-13-5-8-16-30(25)34(33)28-14-6-3-11-22(28)23-12-4-7-15-29(23)34/h1-18,27,31-33H,19H2/t27-,31?,32-,33+/m1/s1. The fourth-order valence-corrected chi connectivity index (χ4v) is 8.85. The summed E-state index contributed by atoms with van der Waals surface area (Å²) in [5.41, 5.74) is 12.3. The third-order valence-electron chi connectivity index (χ3n) is 9.81. The molecule has 0 saturated heterocycles. The third kappa shape index (κ3) is 1.78. The fourth-order valence-electron chi connectivity index (χ4n) is 8.85. The summed E-state index contributed by atoms with van der Waals surface area (Å²) in [5.74, 6) is 2.55. The normalized spacial score (nSPS) is 25.8. The van der Waals surface area contributed by atoms with Crippen LogP contribution < -0.4 is 0 Å². The van der Waals surface area contributed by atoms with E-state index in [1.807, 2.05) is 0 Å². The molecule has 0 radical (unpaired) electrons. The highest BCUT2D eigenvalue weighted by molar-refractivity contribution is 5.89. The van der Waals surface area contributed by atoms with Crippen molar-refractivity contribution < 1.29 is 0 Å². The van der Waals surface area contributed by atoms with Crippen molar-refractivity contribution in [1.29, 1.82) is 0 Å². The number of rotatable bonds is 0. The topological polar surface area (TPSA) is 0 Å². The van der Waals surface area contributed by atoms with Gasteiger partial charge in [0.2, 0.25) is 0 Å². The Bertz CT molecular complexity index is 1630. The molecule has 0 aliphatic heterocycles. The highest BCUT2D eigenvalue weighted by Gasteiger charge is 2.69. The van der Waals surface area contributed by atoms with Crippen LogP contribution in [0.5, 0.6) is 0 Å². The molecule has 0 bridgehead atoms. The lowest BCUT2D eigenvalue weighted by Gasteiger charge is -2.53. The minimum absolute atomic E-state index is 0.0388. The van der Waals surface area contributed by atoms with Gasteiger partial charge in [0.1, 0.15) is 0 Å². The highest BCUT2D eigenvalue weighted by Crippen LogP contribution is 2.77. The van der Waals surface area contributed by atoms with Crippen LogP contribution in [0.25, 0.3) is 21.9 Å². The molecule has 5 aromatic carbocycles. The molecule has 1 unspecified atom stereocenters. The summed E-state index contributed by atoms with van der Waals surface area (Å²) in [6.45, 7) is 0. The van der Waals surface area contributed by atoms with Crippen molar-refractivity contribution in [2.75, 3.05) is 0 Å². The van der Waals surface area contributed by atoms with Gasteiger partial charge in [0.25, 0.3) is 0 Å². The Morgan fingerprint density at radius 1 is 0.529 bits per heavy atom. The number of hydrogen-bond acceptors (Lipinski definition) is 0. The van der Waals surface area contributed by atoms with Gasteiger partial charge in [0.05, 0.1) is 5.41 Å². The lowest BCUT2D eigenvalue weighted by molar-refractivity contribution is 0.0895. The number of hydrogen-bond donors (Lipinski definition) is 0. The minimum Gasteiger partial charge on any atom is -0.0620 e. The lowest BCUT2D eigenvalue weighted by Crippen LogP contribution is -2.48. The van der Waals surface area contributed by atoms with E-state index >= 15 is 0 Å². The van der Waals surface area contributed by atoms with Crippen LogP contribution in [0.1, 0.15) is 45.2 Å². The van der Waals surface area contributed by atoms with Crippen molar-refractivity contribution in [3.05, 3.63) is 143 Å². The van der Waals surface area contributed by atoms with Gasteiger partial charge in [0, 0.05) is 0 Å². The Morgan fingerprint density at radius 2 is 1.15 bits per heavy atom. The first-order valence-electron chi connectivity index (χ1n) is 12.7. The van der Waals surface area contributed by atoms with E-state index in [4.69, 9.17) is 0 Å². The Balaban J connectivity index is 1.37. The summed E-state index contributed by atoms with van der Waals surface area (Å²) < 4.78 is 0. The van der Waals surface area contributed by atoms with Gasteiger partial charge in [-0.25, -0.2) is 0 Å². The minimum atomic E-state index is -0.0388. The van der Waals surface area contributed by atoms with Crippen molar-refractivity contribution in [2.45, 2.75) is 23.7 Å². The third-order valence-corrected chi connectivity index (χ3v) is 9.81. The molecule has 0 N–H and O–H groups in total. The molecule has 0 amide bonds. The van der Waals surface area contributed by atoms with Gasteiger partial charge in [0.15, 0.2) is 0 Å². The van der Waals surface area contributed by atoms with Gasteiger partial charge < -0.3 is 0 Å². The average molecular weight is 433 g/mol. The second-order valence-corrected chi connectivity index (χ2v) is 10.8. The summed E-state index contributed by atoms with van der Waals surface area (Å²) in [4.78, 5) is 0.